The van der Waals surface area contributed by atoms with Crippen LogP contribution in [0.5, 0.6) is 0 Å². The summed E-state index contributed by atoms with van der Waals surface area (Å²) < 4.78 is 27.5. The fourth-order valence-electron chi connectivity index (χ4n) is 1.60. The van der Waals surface area contributed by atoms with E-state index in [9.17, 15) is 8.42 Å². The number of hydrogen-bond acceptors (Lipinski definition) is 3. The van der Waals surface area contributed by atoms with Crippen molar-refractivity contribution in [3.63, 3.8) is 0 Å². The van der Waals surface area contributed by atoms with E-state index in [1.165, 1.54) is 0 Å². The van der Waals surface area contributed by atoms with Crippen LogP contribution < -0.4 is 4.72 Å². The Bertz CT molecular complexity index is 652. The summed E-state index contributed by atoms with van der Waals surface area (Å²) in [6.07, 6.45) is 0.876. The lowest BCUT2D eigenvalue weighted by Crippen LogP contribution is -2.34. The average molecular weight is 309 g/mol. The van der Waals surface area contributed by atoms with Gasteiger partial charge in [-0.05, 0) is 36.5 Å². The number of nitrogens with one attached hydrogen (secondary N) is 1. The Morgan fingerprint density at radius 1 is 1.33 bits per heavy atom. The van der Waals surface area contributed by atoms with Crippen molar-refractivity contribution in [2.75, 3.05) is 13.2 Å². The number of sulfonamides is 1. The van der Waals surface area contributed by atoms with Crippen molar-refractivity contribution in [3.8, 4) is 11.8 Å². The highest BCUT2D eigenvalue weighted by Crippen LogP contribution is 2.21. The number of benzene rings is 1. The van der Waals surface area contributed by atoms with Crippen LogP contribution in [0.15, 0.2) is 23.1 Å². The molecule has 0 unspecified atom stereocenters. The zero-order chi connectivity index (χ0) is 16.1. The predicted octanol–water partition coefficient (Wildman–Crippen LogP) is 2.05. The van der Waals surface area contributed by atoms with E-state index in [-0.39, 0.29) is 16.9 Å². The Balaban J connectivity index is 3.14. The molecule has 0 atom stereocenters. The maximum atomic E-state index is 12.4. The quantitative estimate of drug-likeness (QED) is 0.818. The fourth-order valence-corrected chi connectivity index (χ4v) is 2.99. The molecule has 0 radical (unpaired) electrons. The summed E-state index contributed by atoms with van der Waals surface area (Å²) in [6, 6.07) is 5.00. The lowest BCUT2D eigenvalue weighted by atomic mass is 9.91. The van der Waals surface area contributed by atoms with Crippen LogP contribution in [0.4, 0.5) is 0 Å². The highest BCUT2D eigenvalue weighted by Gasteiger charge is 2.22. The molecule has 0 heterocycles. The molecule has 0 aromatic heterocycles. The van der Waals surface area contributed by atoms with Crippen molar-refractivity contribution in [1.82, 2.24) is 4.72 Å². The molecule has 4 nitrogen and oxygen atoms in total. The van der Waals surface area contributed by atoms with Crippen molar-refractivity contribution >= 4 is 10.0 Å². The fraction of sp³-hybridized carbons (Fsp3) is 0.500. The van der Waals surface area contributed by atoms with Gasteiger partial charge in [0.15, 0.2) is 0 Å². The molecule has 0 bridgehead atoms. The van der Waals surface area contributed by atoms with Crippen LogP contribution >= 0.6 is 0 Å². The molecular weight excluding hydrogens is 286 g/mol. The number of aliphatic hydroxyl groups excluding tert-OH is 1. The monoisotopic (exact) mass is 309 g/mol. The Labute approximate surface area is 127 Å². The van der Waals surface area contributed by atoms with Crippen LogP contribution in [0.2, 0.25) is 0 Å². The second-order valence-corrected chi connectivity index (χ2v) is 7.54. The van der Waals surface area contributed by atoms with E-state index in [0.29, 0.717) is 12.1 Å². The maximum Gasteiger partial charge on any atom is 0.241 e. The summed E-state index contributed by atoms with van der Waals surface area (Å²) >= 11 is 0. The molecule has 5 heteroatoms. The van der Waals surface area contributed by atoms with E-state index in [0.717, 1.165) is 12.0 Å². The smallest absolute Gasteiger partial charge is 0.241 e. The minimum Gasteiger partial charge on any atom is -0.384 e. The van der Waals surface area contributed by atoms with Crippen LogP contribution in [-0.2, 0) is 10.0 Å². The van der Waals surface area contributed by atoms with Gasteiger partial charge in [-0.25, -0.2) is 13.1 Å². The molecule has 0 spiro atoms. The van der Waals surface area contributed by atoms with E-state index >= 15 is 0 Å². The number of aryl methyl sites for hydroxylation is 1. The Morgan fingerprint density at radius 2 is 2.00 bits per heavy atom. The molecule has 2 N–H and O–H groups in total. The second kappa shape index (κ2) is 7.08. The summed E-state index contributed by atoms with van der Waals surface area (Å²) in [5.41, 5.74) is 1.23. The number of hydrogen-bond donors (Lipinski definition) is 2. The Hall–Kier alpha value is -1.35. The van der Waals surface area contributed by atoms with Crippen LogP contribution in [0.25, 0.3) is 0 Å². The van der Waals surface area contributed by atoms with Crippen molar-refractivity contribution in [3.05, 3.63) is 29.3 Å². The predicted molar refractivity (Wildman–Crippen MR) is 84.4 cm³/mol. The summed E-state index contributed by atoms with van der Waals surface area (Å²) in [5.74, 6) is 5.20. The maximum absolute atomic E-state index is 12.4. The average Bonchev–Trinajstić information content (AvgIpc) is 2.43. The molecule has 0 fully saturated rings. The normalized spacial score (nSPS) is 11.9. The van der Waals surface area contributed by atoms with Crippen molar-refractivity contribution in [1.29, 1.82) is 0 Å². The van der Waals surface area contributed by atoms with Gasteiger partial charge >= 0.3 is 0 Å². The van der Waals surface area contributed by atoms with Gasteiger partial charge < -0.3 is 5.11 Å². The summed E-state index contributed by atoms with van der Waals surface area (Å²) in [5, 5.41) is 8.79. The SMILES string of the molecule is CCC(C)(C)CNS(=O)(=O)c1ccc(C)cc1C#CCO. The second-order valence-electron chi connectivity index (χ2n) is 5.80. The highest BCUT2D eigenvalue weighted by molar-refractivity contribution is 7.89. The zero-order valence-corrected chi connectivity index (χ0v) is 13.8. The molecule has 0 saturated carbocycles. The van der Waals surface area contributed by atoms with Crippen molar-refractivity contribution < 1.29 is 13.5 Å². The topological polar surface area (TPSA) is 66.4 Å². The first-order valence-electron chi connectivity index (χ1n) is 6.92. The number of rotatable bonds is 5. The van der Waals surface area contributed by atoms with E-state index in [1.807, 2.05) is 27.7 Å². The van der Waals surface area contributed by atoms with Crippen LogP contribution in [0.1, 0.15) is 38.3 Å². The highest BCUT2D eigenvalue weighted by atomic mass is 32.2. The van der Waals surface area contributed by atoms with Crippen molar-refractivity contribution in [2.24, 2.45) is 5.41 Å². The molecule has 1 aromatic rings. The van der Waals surface area contributed by atoms with E-state index < -0.39 is 10.0 Å². The third-order valence-corrected chi connectivity index (χ3v) is 4.88. The summed E-state index contributed by atoms with van der Waals surface area (Å²) in [7, 11) is -3.62. The third-order valence-electron chi connectivity index (χ3n) is 3.42. The summed E-state index contributed by atoms with van der Waals surface area (Å²) in [6.45, 7) is 7.98. The summed E-state index contributed by atoms with van der Waals surface area (Å²) in [4.78, 5) is 0.154. The van der Waals surface area contributed by atoms with E-state index in [4.69, 9.17) is 5.11 Å². The molecule has 0 aliphatic carbocycles. The molecule has 0 amide bonds. The van der Waals surface area contributed by atoms with Crippen LogP contribution in [0, 0.1) is 24.2 Å². The first-order valence-corrected chi connectivity index (χ1v) is 8.40. The zero-order valence-electron chi connectivity index (χ0n) is 13.0. The Morgan fingerprint density at radius 3 is 2.57 bits per heavy atom. The van der Waals surface area contributed by atoms with Crippen LogP contribution in [-0.4, -0.2) is 26.7 Å². The van der Waals surface area contributed by atoms with Crippen LogP contribution in [0.3, 0.4) is 0 Å². The van der Waals surface area contributed by atoms with Crippen molar-refractivity contribution in [2.45, 2.75) is 39.0 Å². The standard InChI is InChI=1S/C16H23NO3S/c1-5-16(3,4)12-17-21(19,20)15-9-8-13(2)11-14(15)7-6-10-18/h8-9,11,17-18H,5,10,12H2,1-4H3. The molecule has 0 saturated heterocycles. The first-order chi connectivity index (χ1) is 9.72. The van der Waals surface area contributed by atoms with E-state index in [1.54, 1.807) is 18.2 Å². The van der Waals surface area contributed by atoms with Gasteiger partial charge in [-0.15, -0.1) is 0 Å². The van der Waals surface area contributed by atoms with E-state index in [2.05, 4.69) is 16.6 Å². The molecule has 1 aromatic carbocycles. The minimum atomic E-state index is -3.62. The van der Waals surface area contributed by atoms with Gasteiger partial charge in [-0.3, -0.25) is 0 Å². The van der Waals surface area contributed by atoms with Gasteiger partial charge in [0.25, 0.3) is 0 Å². The molecule has 116 valence electrons. The lowest BCUT2D eigenvalue weighted by molar-refractivity contribution is 0.350. The van der Waals surface area contributed by atoms with Gasteiger partial charge in [-0.1, -0.05) is 38.7 Å². The van der Waals surface area contributed by atoms with Gasteiger partial charge in [0, 0.05) is 12.1 Å². The Kier molecular flexibility index (Phi) is 5.97. The first kappa shape index (κ1) is 17.7. The largest absolute Gasteiger partial charge is 0.384 e. The molecular formula is C16H23NO3S. The molecule has 0 aliphatic heterocycles. The van der Waals surface area contributed by atoms with Gasteiger partial charge in [0.2, 0.25) is 10.0 Å². The minimum absolute atomic E-state index is 0.102. The van der Waals surface area contributed by atoms with Gasteiger partial charge in [-0.2, -0.15) is 0 Å². The lowest BCUT2D eigenvalue weighted by Gasteiger charge is -2.23. The van der Waals surface area contributed by atoms with Gasteiger partial charge in [0.1, 0.15) is 6.61 Å². The third kappa shape index (κ3) is 5.16. The molecule has 0 aliphatic rings. The molecule has 1 rings (SSSR count). The van der Waals surface area contributed by atoms with Gasteiger partial charge in [0.05, 0.1) is 4.90 Å². The number of aliphatic hydroxyl groups is 1. The molecule has 21 heavy (non-hydrogen) atoms.